The molecule has 1 aromatic rings. The SMILES string of the molecule is CCC(=O)N1CCCN(C(C)C)CCCN(C(=O)C2CC2)Cc2cc(F)c(F)cc21. The van der Waals surface area contributed by atoms with Crippen LogP contribution >= 0.6 is 0 Å². The Morgan fingerprint density at radius 1 is 1.03 bits per heavy atom. The number of nitrogens with zero attached hydrogens (tertiary/aromatic N) is 3. The minimum atomic E-state index is -0.973. The largest absolute Gasteiger partial charge is 0.338 e. The molecule has 0 aromatic heterocycles. The van der Waals surface area contributed by atoms with Crippen molar-refractivity contribution in [1.82, 2.24) is 9.80 Å². The van der Waals surface area contributed by atoms with Crippen molar-refractivity contribution >= 4 is 17.5 Å². The fourth-order valence-electron chi connectivity index (χ4n) is 4.11. The van der Waals surface area contributed by atoms with E-state index in [1.165, 1.54) is 0 Å². The van der Waals surface area contributed by atoms with Crippen LogP contribution in [-0.4, -0.2) is 53.8 Å². The van der Waals surface area contributed by atoms with Gasteiger partial charge in [0, 0.05) is 57.2 Å². The molecule has 1 aliphatic carbocycles. The number of fused-ring (bicyclic) bond motifs is 1. The Balaban J connectivity index is 1.99. The van der Waals surface area contributed by atoms with Gasteiger partial charge in [-0.05, 0) is 51.2 Å². The van der Waals surface area contributed by atoms with Gasteiger partial charge in [-0.3, -0.25) is 9.59 Å². The first-order chi connectivity index (χ1) is 14.3. The molecule has 30 heavy (non-hydrogen) atoms. The smallest absolute Gasteiger partial charge is 0.226 e. The van der Waals surface area contributed by atoms with Gasteiger partial charge in [-0.2, -0.15) is 0 Å². The number of rotatable bonds is 3. The zero-order valence-electron chi connectivity index (χ0n) is 18.3. The summed E-state index contributed by atoms with van der Waals surface area (Å²) in [6.07, 6.45) is 3.62. The van der Waals surface area contributed by atoms with E-state index < -0.39 is 11.6 Å². The minimum Gasteiger partial charge on any atom is -0.338 e. The Labute approximate surface area is 178 Å². The zero-order valence-corrected chi connectivity index (χ0v) is 18.3. The number of carbonyl (C=O) groups is 2. The van der Waals surface area contributed by atoms with Crippen LogP contribution in [-0.2, 0) is 16.1 Å². The first kappa shape index (κ1) is 22.7. The third kappa shape index (κ3) is 5.36. The maximum Gasteiger partial charge on any atom is 0.226 e. The number of carbonyl (C=O) groups excluding carboxylic acids is 2. The Bertz CT molecular complexity index is 780. The highest BCUT2D eigenvalue weighted by Crippen LogP contribution is 2.33. The van der Waals surface area contributed by atoms with Gasteiger partial charge in [0.05, 0.1) is 5.69 Å². The Hall–Kier alpha value is -2.02. The topological polar surface area (TPSA) is 43.9 Å². The van der Waals surface area contributed by atoms with Crippen LogP contribution in [0.2, 0.25) is 0 Å². The fourth-order valence-corrected chi connectivity index (χ4v) is 4.11. The Kier molecular flexibility index (Phi) is 7.45. The van der Waals surface area contributed by atoms with Gasteiger partial charge in [-0.15, -0.1) is 0 Å². The van der Waals surface area contributed by atoms with E-state index in [9.17, 15) is 18.4 Å². The van der Waals surface area contributed by atoms with Crippen LogP contribution in [0.5, 0.6) is 0 Å². The summed E-state index contributed by atoms with van der Waals surface area (Å²) in [6, 6.07) is 2.62. The minimum absolute atomic E-state index is 0.0428. The normalized spacial score (nSPS) is 19.3. The predicted molar refractivity (Wildman–Crippen MR) is 113 cm³/mol. The third-order valence-electron chi connectivity index (χ3n) is 6.05. The molecule has 0 bridgehead atoms. The van der Waals surface area contributed by atoms with Gasteiger partial charge in [0.1, 0.15) is 0 Å². The summed E-state index contributed by atoms with van der Waals surface area (Å²) in [5, 5.41) is 0. The first-order valence-electron chi connectivity index (χ1n) is 11.1. The van der Waals surface area contributed by atoms with E-state index in [0.717, 1.165) is 50.9 Å². The van der Waals surface area contributed by atoms with Crippen molar-refractivity contribution in [3.8, 4) is 0 Å². The van der Waals surface area contributed by atoms with Gasteiger partial charge >= 0.3 is 0 Å². The molecule has 7 heteroatoms. The van der Waals surface area contributed by atoms with Crippen LogP contribution in [0, 0.1) is 17.6 Å². The molecule has 0 radical (unpaired) electrons. The van der Waals surface area contributed by atoms with Crippen molar-refractivity contribution in [3.63, 3.8) is 0 Å². The van der Waals surface area contributed by atoms with Gasteiger partial charge in [0.15, 0.2) is 11.6 Å². The molecule has 1 heterocycles. The van der Waals surface area contributed by atoms with Crippen molar-refractivity contribution in [1.29, 1.82) is 0 Å². The molecular formula is C23H33F2N3O2. The van der Waals surface area contributed by atoms with E-state index in [2.05, 4.69) is 18.7 Å². The molecule has 5 nitrogen and oxygen atoms in total. The van der Waals surface area contributed by atoms with Gasteiger partial charge in [-0.1, -0.05) is 6.92 Å². The lowest BCUT2D eigenvalue weighted by Crippen LogP contribution is -2.41. The predicted octanol–water partition coefficient (Wildman–Crippen LogP) is 3.95. The molecule has 0 saturated heterocycles. The first-order valence-corrected chi connectivity index (χ1v) is 11.1. The van der Waals surface area contributed by atoms with Crippen molar-refractivity contribution < 1.29 is 18.4 Å². The molecule has 0 N–H and O–H groups in total. The van der Waals surface area contributed by atoms with Gasteiger partial charge in [-0.25, -0.2) is 8.78 Å². The molecule has 1 saturated carbocycles. The summed E-state index contributed by atoms with van der Waals surface area (Å²) >= 11 is 0. The molecular weight excluding hydrogens is 388 g/mol. The van der Waals surface area contributed by atoms with Crippen molar-refractivity contribution in [3.05, 3.63) is 29.3 Å². The van der Waals surface area contributed by atoms with Gasteiger partial charge in [0.25, 0.3) is 0 Å². The highest BCUT2D eigenvalue weighted by Gasteiger charge is 2.34. The van der Waals surface area contributed by atoms with Crippen LogP contribution in [0.15, 0.2) is 12.1 Å². The summed E-state index contributed by atoms with van der Waals surface area (Å²) in [5.74, 6) is -1.93. The molecule has 1 aliphatic heterocycles. The molecule has 1 fully saturated rings. The molecule has 0 spiro atoms. The molecule has 2 amide bonds. The van der Waals surface area contributed by atoms with Gasteiger partial charge < -0.3 is 14.7 Å². The van der Waals surface area contributed by atoms with Crippen LogP contribution in [0.25, 0.3) is 0 Å². The highest BCUT2D eigenvalue weighted by molar-refractivity contribution is 5.94. The number of hydrogen-bond donors (Lipinski definition) is 0. The second kappa shape index (κ2) is 9.86. The van der Waals surface area contributed by atoms with Crippen molar-refractivity contribution in [2.45, 2.75) is 65.5 Å². The average molecular weight is 422 g/mol. The Morgan fingerprint density at radius 3 is 2.27 bits per heavy atom. The third-order valence-corrected chi connectivity index (χ3v) is 6.05. The fraction of sp³-hybridized carbons (Fsp3) is 0.652. The summed E-state index contributed by atoms with van der Waals surface area (Å²) in [4.78, 5) is 31.3. The highest BCUT2D eigenvalue weighted by atomic mass is 19.2. The second-order valence-electron chi connectivity index (χ2n) is 8.66. The van der Waals surface area contributed by atoms with E-state index >= 15 is 0 Å². The number of hydrogen-bond acceptors (Lipinski definition) is 3. The zero-order chi connectivity index (χ0) is 21.8. The van der Waals surface area contributed by atoms with E-state index in [0.29, 0.717) is 30.4 Å². The van der Waals surface area contributed by atoms with E-state index in [4.69, 9.17) is 0 Å². The lowest BCUT2D eigenvalue weighted by molar-refractivity contribution is -0.133. The maximum atomic E-state index is 14.2. The number of anilines is 1. The monoisotopic (exact) mass is 421 g/mol. The van der Waals surface area contributed by atoms with Gasteiger partial charge in [0.2, 0.25) is 11.8 Å². The van der Waals surface area contributed by atoms with Crippen LogP contribution in [0.4, 0.5) is 14.5 Å². The second-order valence-corrected chi connectivity index (χ2v) is 8.66. The molecule has 3 rings (SSSR count). The van der Waals surface area contributed by atoms with Crippen LogP contribution < -0.4 is 4.90 Å². The van der Waals surface area contributed by atoms with Crippen LogP contribution in [0.3, 0.4) is 0 Å². The molecule has 1 aromatic carbocycles. The summed E-state index contributed by atoms with van der Waals surface area (Å²) < 4.78 is 28.3. The number of halogens is 2. The Morgan fingerprint density at radius 2 is 1.67 bits per heavy atom. The van der Waals surface area contributed by atoms with E-state index in [1.807, 2.05) is 0 Å². The summed E-state index contributed by atoms with van der Waals surface area (Å²) in [6.45, 7) is 8.91. The van der Waals surface area contributed by atoms with Crippen molar-refractivity contribution in [2.75, 3.05) is 31.1 Å². The summed E-state index contributed by atoms with van der Waals surface area (Å²) in [7, 11) is 0. The number of amides is 2. The standard InChI is InChI=1S/C23H33F2N3O2/c1-4-22(29)28-12-6-10-26(16(2)3)9-5-11-27(23(30)17-7-8-17)15-18-13-19(24)20(25)14-21(18)28/h13-14,16-17H,4-12,15H2,1-3H3. The van der Waals surface area contributed by atoms with Crippen molar-refractivity contribution in [2.24, 2.45) is 5.92 Å². The molecule has 0 atom stereocenters. The quantitative estimate of drug-likeness (QED) is 0.742. The lowest BCUT2D eigenvalue weighted by Gasteiger charge is -2.33. The van der Waals surface area contributed by atoms with Crippen LogP contribution in [0.1, 0.15) is 58.4 Å². The molecule has 0 unspecified atom stereocenters. The van der Waals surface area contributed by atoms with E-state index in [1.54, 1.807) is 16.7 Å². The summed E-state index contributed by atoms with van der Waals surface area (Å²) in [5.41, 5.74) is 0.872. The molecule has 2 aliphatic rings. The maximum absolute atomic E-state index is 14.2. The molecule has 166 valence electrons. The lowest BCUT2D eigenvalue weighted by atomic mass is 10.1. The average Bonchev–Trinajstić information content (AvgIpc) is 3.54. The van der Waals surface area contributed by atoms with E-state index in [-0.39, 0.29) is 30.7 Å². The number of benzene rings is 1.